The lowest BCUT2D eigenvalue weighted by atomic mass is 9.97. The van der Waals surface area contributed by atoms with Crippen LogP contribution in [0.4, 0.5) is 15.8 Å². The van der Waals surface area contributed by atoms with Crippen molar-refractivity contribution >= 4 is 23.1 Å². The SMILES string of the molecule is CC(=O)c1ccccc1NC(=O)CN1CCCc2c(F)ccc(C)c21. The van der Waals surface area contributed by atoms with Crippen molar-refractivity contribution in [2.24, 2.45) is 0 Å². The second-order valence-corrected chi connectivity index (χ2v) is 6.37. The van der Waals surface area contributed by atoms with Gasteiger partial charge in [0.25, 0.3) is 0 Å². The summed E-state index contributed by atoms with van der Waals surface area (Å²) in [5.74, 6) is -0.532. The van der Waals surface area contributed by atoms with Gasteiger partial charge < -0.3 is 10.2 Å². The van der Waals surface area contributed by atoms with Gasteiger partial charge in [-0.05, 0) is 50.5 Å². The Morgan fingerprint density at radius 3 is 2.72 bits per heavy atom. The first-order valence-corrected chi connectivity index (χ1v) is 8.40. The number of halogens is 1. The molecule has 5 heteroatoms. The number of hydrogen-bond donors (Lipinski definition) is 1. The Bertz CT molecular complexity index is 832. The summed E-state index contributed by atoms with van der Waals surface area (Å²) in [6.07, 6.45) is 1.50. The monoisotopic (exact) mass is 340 g/mol. The van der Waals surface area contributed by atoms with Crippen molar-refractivity contribution in [2.75, 3.05) is 23.3 Å². The lowest BCUT2D eigenvalue weighted by Gasteiger charge is -2.32. The van der Waals surface area contributed by atoms with Gasteiger partial charge in [-0.15, -0.1) is 0 Å². The molecule has 0 aromatic heterocycles. The van der Waals surface area contributed by atoms with Crippen LogP contribution in [0.3, 0.4) is 0 Å². The number of ketones is 1. The number of carbonyl (C=O) groups excluding carboxylic acids is 2. The molecule has 0 spiro atoms. The smallest absolute Gasteiger partial charge is 0.243 e. The lowest BCUT2D eigenvalue weighted by Crippen LogP contribution is -2.37. The first-order chi connectivity index (χ1) is 12.0. The number of hydrogen-bond acceptors (Lipinski definition) is 3. The van der Waals surface area contributed by atoms with Gasteiger partial charge in [-0.2, -0.15) is 0 Å². The summed E-state index contributed by atoms with van der Waals surface area (Å²) in [6, 6.07) is 10.2. The van der Waals surface area contributed by atoms with E-state index >= 15 is 0 Å². The summed E-state index contributed by atoms with van der Waals surface area (Å²) in [4.78, 5) is 26.1. The van der Waals surface area contributed by atoms with Crippen LogP contribution >= 0.6 is 0 Å². The van der Waals surface area contributed by atoms with Crippen molar-refractivity contribution in [3.8, 4) is 0 Å². The Morgan fingerprint density at radius 1 is 1.20 bits per heavy atom. The second kappa shape index (κ2) is 7.05. The molecule has 0 atom stereocenters. The quantitative estimate of drug-likeness (QED) is 0.863. The number of carbonyl (C=O) groups is 2. The number of nitrogens with zero attached hydrogens (tertiary/aromatic N) is 1. The van der Waals surface area contributed by atoms with Crippen LogP contribution in [-0.4, -0.2) is 24.8 Å². The van der Waals surface area contributed by atoms with Crippen LogP contribution in [-0.2, 0) is 11.2 Å². The summed E-state index contributed by atoms with van der Waals surface area (Å²) in [5, 5.41) is 2.81. The zero-order chi connectivity index (χ0) is 18.0. The van der Waals surface area contributed by atoms with Crippen molar-refractivity contribution in [3.63, 3.8) is 0 Å². The van der Waals surface area contributed by atoms with Gasteiger partial charge in [0, 0.05) is 23.4 Å². The predicted molar refractivity (Wildman–Crippen MR) is 96.7 cm³/mol. The third-order valence-electron chi connectivity index (χ3n) is 4.51. The summed E-state index contributed by atoms with van der Waals surface area (Å²) >= 11 is 0. The van der Waals surface area contributed by atoms with E-state index < -0.39 is 0 Å². The summed E-state index contributed by atoms with van der Waals surface area (Å²) in [6.45, 7) is 4.24. The molecule has 0 unspecified atom stereocenters. The number of rotatable bonds is 4. The molecule has 0 saturated carbocycles. The fourth-order valence-corrected chi connectivity index (χ4v) is 3.39. The largest absolute Gasteiger partial charge is 0.362 e. The maximum Gasteiger partial charge on any atom is 0.243 e. The van der Waals surface area contributed by atoms with E-state index in [1.807, 2.05) is 11.8 Å². The molecule has 130 valence electrons. The number of para-hydroxylation sites is 1. The lowest BCUT2D eigenvalue weighted by molar-refractivity contribution is -0.115. The van der Waals surface area contributed by atoms with Crippen molar-refractivity contribution in [3.05, 3.63) is 58.9 Å². The highest BCUT2D eigenvalue weighted by molar-refractivity contribution is 6.04. The van der Waals surface area contributed by atoms with E-state index in [1.54, 1.807) is 30.3 Å². The number of fused-ring (bicyclic) bond motifs is 1. The number of amides is 1. The minimum Gasteiger partial charge on any atom is -0.362 e. The molecule has 0 saturated heterocycles. The fraction of sp³-hybridized carbons (Fsp3) is 0.300. The molecule has 4 nitrogen and oxygen atoms in total. The maximum atomic E-state index is 14.1. The predicted octanol–water partition coefficient (Wildman–Crippen LogP) is 3.73. The van der Waals surface area contributed by atoms with Crippen molar-refractivity contribution in [2.45, 2.75) is 26.7 Å². The highest BCUT2D eigenvalue weighted by Gasteiger charge is 2.23. The molecule has 0 radical (unpaired) electrons. The van der Waals surface area contributed by atoms with E-state index in [0.717, 1.165) is 17.7 Å². The van der Waals surface area contributed by atoms with Gasteiger partial charge in [0.15, 0.2) is 5.78 Å². The molecule has 25 heavy (non-hydrogen) atoms. The second-order valence-electron chi connectivity index (χ2n) is 6.37. The molecule has 0 aliphatic carbocycles. The van der Waals surface area contributed by atoms with Crippen LogP contribution in [0.25, 0.3) is 0 Å². The van der Waals surface area contributed by atoms with E-state index in [1.165, 1.54) is 13.0 Å². The van der Waals surface area contributed by atoms with Crippen LogP contribution in [0, 0.1) is 12.7 Å². The van der Waals surface area contributed by atoms with E-state index in [0.29, 0.717) is 29.8 Å². The molecule has 2 aromatic carbocycles. The van der Waals surface area contributed by atoms with Crippen LogP contribution < -0.4 is 10.2 Å². The molecule has 0 bridgehead atoms. The minimum atomic E-state index is -0.217. The Labute approximate surface area is 146 Å². The first kappa shape index (κ1) is 17.1. The molecular formula is C20H21FN2O2. The molecule has 0 fully saturated rings. The average molecular weight is 340 g/mol. The molecule has 1 aliphatic heterocycles. The van der Waals surface area contributed by atoms with E-state index in [4.69, 9.17) is 0 Å². The molecule has 1 amide bonds. The molecular weight excluding hydrogens is 319 g/mol. The zero-order valence-corrected chi connectivity index (χ0v) is 14.4. The number of anilines is 2. The number of aryl methyl sites for hydroxylation is 1. The van der Waals surface area contributed by atoms with E-state index in [9.17, 15) is 14.0 Å². The highest BCUT2D eigenvalue weighted by Crippen LogP contribution is 2.32. The van der Waals surface area contributed by atoms with E-state index in [-0.39, 0.29) is 24.1 Å². The van der Waals surface area contributed by atoms with Crippen LogP contribution in [0.15, 0.2) is 36.4 Å². The van der Waals surface area contributed by atoms with Crippen molar-refractivity contribution in [1.29, 1.82) is 0 Å². The van der Waals surface area contributed by atoms with Gasteiger partial charge in [0.05, 0.1) is 12.2 Å². The third kappa shape index (κ3) is 3.55. The van der Waals surface area contributed by atoms with Gasteiger partial charge in [0.1, 0.15) is 5.82 Å². The summed E-state index contributed by atoms with van der Waals surface area (Å²) < 4.78 is 14.1. The van der Waals surface area contributed by atoms with Crippen LogP contribution in [0.5, 0.6) is 0 Å². The fourth-order valence-electron chi connectivity index (χ4n) is 3.39. The molecule has 1 aliphatic rings. The Hall–Kier alpha value is -2.69. The van der Waals surface area contributed by atoms with Gasteiger partial charge in [-0.25, -0.2) is 4.39 Å². The summed E-state index contributed by atoms with van der Waals surface area (Å²) in [7, 11) is 0. The zero-order valence-electron chi connectivity index (χ0n) is 14.4. The van der Waals surface area contributed by atoms with Gasteiger partial charge in [-0.1, -0.05) is 18.2 Å². The normalized spacial score (nSPS) is 13.3. The molecule has 3 rings (SSSR count). The molecule has 1 heterocycles. The standard InChI is InChI=1S/C20H21FN2O2/c1-13-9-10-17(21)16-7-5-11-23(20(13)16)12-19(25)22-18-8-4-3-6-15(18)14(2)24/h3-4,6,8-10H,5,7,11-12H2,1-2H3,(H,22,25). The molecule has 2 aromatic rings. The third-order valence-corrected chi connectivity index (χ3v) is 4.51. The van der Waals surface area contributed by atoms with E-state index in [2.05, 4.69) is 5.32 Å². The topological polar surface area (TPSA) is 49.4 Å². The Morgan fingerprint density at radius 2 is 1.96 bits per heavy atom. The minimum absolute atomic E-state index is 0.0999. The summed E-state index contributed by atoms with van der Waals surface area (Å²) in [5.41, 5.74) is 3.46. The maximum absolute atomic E-state index is 14.1. The van der Waals surface area contributed by atoms with Crippen molar-refractivity contribution in [1.82, 2.24) is 0 Å². The van der Waals surface area contributed by atoms with Gasteiger partial charge >= 0.3 is 0 Å². The number of Topliss-reactive ketones (excluding diaryl/α,β-unsaturated/α-hetero) is 1. The first-order valence-electron chi connectivity index (χ1n) is 8.40. The number of benzene rings is 2. The molecule has 1 N–H and O–H groups in total. The Kier molecular flexibility index (Phi) is 4.83. The highest BCUT2D eigenvalue weighted by atomic mass is 19.1. The van der Waals surface area contributed by atoms with Crippen LogP contribution in [0.2, 0.25) is 0 Å². The van der Waals surface area contributed by atoms with Crippen molar-refractivity contribution < 1.29 is 14.0 Å². The average Bonchev–Trinajstić information content (AvgIpc) is 2.58. The Balaban J connectivity index is 1.80. The van der Waals surface area contributed by atoms with Gasteiger partial charge in [0.2, 0.25) is 5.91 Å². The van der Waals surface area contributed by atoms with Gasteiger partial charge in [-0.3, -0.25) is 9.59 Å². The van der Waals surface area contributed by atoms with Crippen LogP contribution in [0.1, 0.15) is 34.8 Å². The number of nitrogens with one attached hydrogen (secondary N) is 1.